The Kier molecular flexibility index (Phi) is 3.61. The Bertz CT molecular complexity index is 670. The maximum Gasteiger partial charge on any atom is 0.131 e. The van der Waals surface area contributed by atoms with Crippen molar-refractivity contribution in [2.75, 3.05) is 6.61 Å². The average molecular weight is 311 g/mol. The number of hydrogen-bond acceptors (Lipinski definition) is 1. The second kappa shape index (κ2) is 5.27. The van der Waals surface area contributed by atoms with Gasteiger partial charge < -0.3 is 4.74 Å². The second-order valence-corrected chi connectivity index (χ2v) is 5.80. The monoisotopic (exact) mass is 310 g/mol. The molecule has 0 radical (unpaired) electrons. The molecule has 20 heavy (non-hydrogen) atoms. The van der Waals surface area contributed by atoms with E-state index in [1.807, 2.05) is 6.07 Å². The van der Waals surface area contributed by atoms with Gasteiger partial charge in [0.05, 0.1) is 12.0 Å². The van der Waals surface area contributed by atoms with E-state index in [4.69, 9.17) is 27.9 Å². The summed E-state index contributed by atoms with van der Waals surface area (Å²) < 4.78 is 19.9. The zero-order valence-electron chi connectivity index (χ0n) is 10.9. The van der Waals surface area contributed by atoms with E-state index in [0.29, 0.717) is 22.8 Å². The SMILES string of the molecule is Cc1cccc(C(Cl)c2cc(Cl)cc3c2OCC3)c1F. The van der Waals surface area contributed by atoms with E-state index in [2.05, 4.69) is 0 Å². The van der Waals surface area contributed by atoms with Gasteiger partial charge in [-0.2, -0.15) is 0 Å². The summed E-state index contributed by atoms with van der Waals surface area (Å²) in [5, 5.41) is -0.0107. The zero-order chi connectivity index (χ0) is 14.3. The Balaban J connectivity index is 2.11. The smallest absolute Gasteiger partial charge is 0.131 e. The normalized spacial score (nSPS) is 14.8. The first kappa shape index (κ1) is 13.7. The van der Waals surface area contributed by atoms with Crippen molar-refractivity contribution in [1.82, 2.24) is 0 Å². The van der Waals surface area contributed by atoms with Crippen LogP contribution in [0.25, 0.3) is 0 Å². The summed E-state index contributed by atoms with van der Waals surface area (Å²) in [6, 6.07) is 8.85. The lowest BCUT2D eigenvalue weighted by Crippen LogP contribution is -2.01. The molecule has 2 aromatic rings. The van der Waals surface area contributed by atoms with Crippen molar-refractivity contribution in [2.45, 2.75) is 18.7 Å². The van der Waals surface area contributed by atoms with Crippen LogP contribution in [0, 0.1) is 12.7 Å². The summed E-state index contributed by atoms with van der Waals surface area (Å²) in [5.74, 6) is 0.467. The van der Waals surface area contributed by atoms with Crippen molar-refractivity contribution < 1.29 is 9.13 Å². The maximum absolute atomic E-state index is 14.2. The summed E-state index contributed by atoms with van der Waals surface area (Å²) in [5.41, 5.74) is 2.79. The molecular weight excluding hydrogens is 298 g/mol. The van der Waals surface area contributed by atoms with Crippen molar-refractivity contribution in [3.05, 3.63) is 63.4 Å². The number of halogens is 3. The highest BCUT2D eigenvalue weighted by Gasteiger charge is 2.25. The minimum Gasteiger partial charge on any atom is -0.493 e. The molecule has 104 valence electrons. The number of hydrogen-bond donors (Lipinski definition) is 0. The maximum atomic E-state index is 14.2. The van der Waals surface area contributed by atoms with Gasteiger partial charge in [-0.15, -0.1) is 11.6 Å². The van der Waals surface area contributed by atoms with Crippen LogP contribution in [0.3, 0.4) is 0 Å². The Morgan fingerprint density at radius 2 is 2.05 bits per heavy atom. The molecule has 0 fully saturated rings. The average Bonchev–Trinajstić information content (AvgIpc) is 2.88. The molecule has 0 N–H and O–H groups in total. The van der Waals surface area contributed by atoms with E-state index >= 15 is 0 Å². The van der Waals surface area contributed by atoms with Crippen LogP contribution in [-0.2, 0) is 6.42 Å². The van der Waals surface area contributed by atoms with Crippen LogP contribution in [0.5, 0.6) is 5.75 Å². The van der Waals surface area contributed by atoms with Crippen molar-refractivity contribution in [2.24, 2.45) is 0 Å². The molecule has 0 aromatic heterocycles. The molecule has 0 amide bonds. The fourth-order valence-corrected chi connectivity index (χ4v) is 3.10. The lowest BCUT2D eigenvalue weighted by molar-refractivity contribution is 0.353. The summed E-state index contributed by atoms with van der Waals surface area (Å²) in [7, 11) is 0. The third kappa shape index (κ3) is 2.27. The third-order valence-corrected chi connectivity index (χ3v) is 4.23. The first-order chi connectivity index (χ1) is 9.58. The van der Waals surface area contributed by atoms with Gasteiger partial charge in [-0.1, -0.05) is 29.8 Å². The molecule has 0 spiro atoms. The molecule has 1 atom stereocenters. The molecule has 1 aliphatic heterocycles. The van der Waals surface area contributed by atoms with Crippen molar-refractivity contribution in [1.29, 1.82) is 0 Å². The van der Waals surface area contributed by atoms with Crippen LogP contribution in [-0.4, -0.2) is 6.61 Å². The first-order valence-corrected chi connectivity index (χ1v) is 7.23. The van der Waals surface area contributed by atoms with Crippen LogP contribution >= 0.6 is 23.2 Å². The first-order valence-electron chi connectivity index (χ1n) is 6.42. The summed E-state index contributed by atoms with van der Waals surface area (Å²) in [6.07, 6.45) is 0.808. The fraction of sp³-hybridized carbons (Fsp3) is 0.250. The van der Waals surface area contributed by atoms with E-state index in [1.165, 1.54) is 0 Å². The number of aryl methyl sites for hydroxylation is 1. The van der Waals surface area contributed by atoms with Gasteiger partial charge in [0.25, 0.3) is 0 Å². The van der Waals surface area contributed by atoms with Crippen LogP contribution < -0.4 is 4.74 Å². The Morgan fingerprint density at radius 1 is 1.25 bits per heavy atom. The van der Waals surface area contributed by atoms with Crippen LogP contribution in [0.1, 0.15) is 27.6 Å². The molecule has 0 saturated heterocycles. The van der Waals surface area contributed by atoms with Gasteiger partial charge in [-0.25, -0.2) is 4.39 Å². The Labute approximate surface area is 127 Å². The molecule has 1 aliphatic rings. The highest BCUT2D eigenvalue weighted by atomic mass is 35.5. The molecule has 1 unspecified atom stereocenters. The van der Waals surface area contributed by atoms with Crippen molar-refractivity contribution >= 4 is 23.2 Å². The fourth-order valence-electron chi connectivity index (χ4n) is 2.52. The molecule has 0 aliphatic carbocycles. The largest absolute Gasteiger partial charge is 0.493 e. The van der Waals surface area contributed by atoms with Gasteiger partial charge in [0.2, 0.25) is 0 Å². The van der Waals surface area contributed by atoms with Crippen LogP contribution in [0.4, 0.5) is 4.39 Å². The number of rotatable bonds is 2. The number of alkyl halides is 1. The number of ether oxygens (including phenoxy) is 1. The quantitative estimate of drug-likeness (QED) is 0.705. The molecule has 3 rings (SSSR count). The highest BCUT2D eigenvalue weighted by Crippen LogP contribution is 2.42. The van der Waals surface area contributed by atoms with E-state index in [1.54, 1.807) is 31.2 Å². The standard InChI is InChI=1S/C16H13Cl2FO/c1-9-3-2-4-12(15(9)19)14(18)13-8-11(17)7-10-5-6-20-16(10)13/h2-4,7-8,14H,5-6H2,1H3. The molecular formula is C16H13Cl2FO. The lowest BCUT2D eigenvalue weighted by Gasteiger charge is -2.16. The Hall–Kier alpha value is -1.25. The molecule has 1 nitrogen and oxygen atoms in total. The van der Waals surface area contributed by atoms with Gasteiger partial charge in [0.1, 0.15) is 11.6 Å². The highest BCUT2D eigenvalue weighted by molar-refractivity contribution is 6.31. The third-order valence-electron chi connectivity index (χ3n) is 3.54. The van der Waals surface area contributed by atoms with E-state index in [9.17, 15) is 4.39 Å². The lowest BCUT2D eigenvalue weighted by atomic mass is 9.99. The van der Waals surface area contributed by atoms with Gasteiger partial charge in [0.15, 0.2) is 0 Å². The second-order valence-electron chi connectivity index (χ2n) is 4.92. The number of fused-ring (bicyclic) bond motifs is 1. The van der Waals surface area contributed by atoms with E-state index in [-0.39, 0.29) is 5.82 Å². The van der Waals surface area contributed by atoms with Crippen molar-refractivity contribution in [3.8, 4) is 5.75 Å². The number of benzene rings is 2. The molecule has 4 heteroatoms. The van der Waals surface area contributed by atoms with Gasteiger partial charge >= 0.3 is 0 Å². The minimum atomic E-state index is -0.611. The van der Waals surface area contributed by atoms with Crippen LogP contribution in [0.15, 0.2) is 30.3 Å². The van der Waals surface area contributed by atoms with Gasteiger partial charge in [-0.05, 0) is 30.2 Å². The molecule has 2 aromatic carbocycles. The molecule has 1 heterocycles. The summed E-state index contributed by atoms with van der Waals surface area (Å²) in [4.78, 5) is 0. The molecule has 0 bridgehead atoms. The minimum absolute atomic E-state index is 0.278. The molecule has 0 saturated carbocycles. The summed E-state index contributed by atoms with van der Waals surface area (Å²) in [6.45, 7) is 2.34. The topological polar surface area (TPSA) is 9.23 Å². The van der Waals surface area contributed by atoms with Crippen molar-refractivity contribution in [3.63, 3.8) is 0 Å². The van der Waals surface area contributed by atoms with Gasteiger partial charge in [-0.3, -0.25) is 0 Å². The zero-order valence-corrected chi connectivity index (χ0v) is 12.4. The van der Waals surface area contributed by atoms with Crippen LogP contribution in [0.2, 0.25) is 5.02 Å². The van der Waals surface area contributed by atoms with E-state index < -0.39 is 5.38 Å². The van der Waals surface area contributed by atoms with E-state index in [0.717, 1.165) is 23.3 Å². The summed E-state index contributed by atoms with van der Waals surface area (Å²) >= 11 is 12.6. The van der Waals surface area contributed by atoms with Gasteiger partial charge in [0, 0.05) is 22.6 Å². The Morgan fingerprint density at radius 3 is 2.85 bits per heavy atom. The predicted molar refractivity (Wildman–Crippen MR) is 79.5 cm³/mol. The predicted octanol–water partition coefficient (Wildman–Crippen LogP) is 5.05.